The van der Waals surface area contributed by atoms with Crippen LogP contribution in [0.2, 0.25) is 0 Å². The van der Waals surface area contributed by atoms with Crippen LogP contribution < -0.4 is 10.6 Å². The number of carbonyl (C=O) groups excluding carboxylic acids is 3. The van der Waals surface area contributed by atoms with Crippen molar-refractivity contribution in [2.24, 2.45) is 0 Å². The normalized spacial score (nSPS) is 12.1. The molecule has 0 spiro atoms. The largest absolute Gasteiger partial charge is 0.462 e. The van der Waals surface area contributed by atoms with Crippen LogP contribution >= 0.6 is 0 Å². The second-order valence-corrected chi connectivity index (χ2v) is 8.49. The minimum Gasteiger partial charge on any atom is -0.462 e. The topological polar surface area (TPSA) is 119 Å². The van der Waals surface area contributed by atoms with Crippen LogP contribution in [0, 0.1) is 0 Å². The maximum absolute atomic E-state index is 12.3. The summed E-state index contributed by atoms with van der Waals surface area (Å²) in [4.78, 5) is 35.5. The quantitative estimate of drug-likeness (QED) is 0.456. The molecule has 0 radical (unpaired) electrons. The molecule has 1 atom stereocenters. The van der Waals surface area contributed by atoms with Gasteiger partial charge in [-0.2, -0.15) is 0 Å². The fourth-order valence-corrected chi connectivity index (χ4v) is 2.82. The Morgan fingerprint density at radius 1 is 1.15 bits per heavy atom. The number of hydrogen-bond donors (Lipinski definition) is 2. The van der Waals surface area contributed by atoms with Gasteiger partial charge in [-0.15, -0.1) is 0 Å². The van der Waals surface area contributed by atoms with Gasteiger partial charge in [-0.3, -0.25) is 9.59 Å². The Bertz CT molecular complexity index is 759. The Labute approximate surface area is 159 Å². The van der Waals surface area contributed by atoms with E-state index in [4.69, 9.17) is 4.74 Å². The van der Waals surface area contributed by atoms with Crippen LogP contribution in [-0.2, 0) is 24.2 Å². The first-order chi connectivity index (χ1) is 12.6. The maximum atomic E-state index is 12.3. The minimum atomic E-state index is -3.27. The number of carbonyl (C=O) groups is 3. The fraction of sp³-hybridized carbons (Fsp3) is 0.500. The molecule has 0 unspecified atom stereocenters. The number of anilines is 1. The first-order valence-electron chi connectivity index (χ1n) is 8.65. The minimum absolute atomic E-state index is 0.0356. The Hall–Kier alpha value is -2.42. The molecule has 8 nitrogen and oxygen atoms in total. The molecule has 1 aromatic rings. The zero-order chi connectivity index (χ0) is 20.4. The molecule has 27 heavy (non-hydrogen) atoms. The molecule has 0 fully saturated rings. The average molecular weight is 398 g/mol. The first kappa shape index (κ1) is 22.6. The van der Waals surface area contributed by atoms with Crippen LogP contribution in [0.1, 0.15) is 43.5 Å². The van der Waals surface area contributed by atoms with Gasteiger partial charge in [0.1, 0.15) is 15.9 Å². The SMILES string of the molecule is CCCCOC(=O)c1ccc(NC(=O)[C@H](CCS(C)(=O)=O)NC(C)=O)cc1. The highest BCUT2D eigenvalue weighted by molar-refractivity contribution is 7.90. The Morgan fingerprint density at radius 3 is 2.30 bits per heavy atom. The standard InChI is InChI=1S/C18H26N2O6S/c1-4-5-11-26-18(23)14-6-8-15(9-7-14)20-17(22)16(19-13(2)21)10-12-27(3,24)25/h6-9,16H,4-5,10-12H2,1-3H3,(H,19,21)(H,20,22)/t16-/m0/s1. The molecule has 0 aliphatic carbocycles. The van der Waals surface area contributed by atoms with E-state index in [0.29, 0.717) is 17.9 Å². The molecule has 1 rings (SSSR count). The number of hydrogen-bond acceptors (Lipinski definition) is 6. The van der Waals surface area contributed by atoms with E-state index in [0.717, 1.165) is 19.1 Å². The van der Waals surface area contributed by atoms with E-state index in [2.05, 4.69) is 10.6 Å². The number of amides is 2. The molecule has 0 saturated carbocycles. The van der Waals surface area contributed by atoms with Crippen LogP contribution in [0.15, 0.2) is 24.3 Å². The van der Waals surface area contributed by atoms with E-state index in [1.54, 1.807) is 0 Å². The van der Waals surface area contributed by atoms with Crippen molar-refractivity contribution in [3.8, 4) is 0 Å². The van der Waals surface area contributed by atoms with E-state index in [-0.39, 0.29) is 12.2 Å². The molecule has 0 heterocycles. The summed E-state index contributed by atoms with van der Waals surface area (Å²) < 4.78 is 27.7. The van der Waals surface area contributed by atoms with Gasteiger partial charge in [0, 0.05) is 18.9 Å². The summed E-state index contributed by atoms with van der Waals surface area (Å²) in [6.07, 6.45) is 2.74. The van der Waals surface area contributed by atoms with Gasteiger partial charge in [0.2, 0.25) is 11.8 Å². The third kappa shape index (κ3) is 9.18. The number of nitrogens with one attached hydrogen (secondary N) is 2. The second-order valence-electron chi connectivity index (χ2n) is 6.23. The van der Waals surface area contributed by atoms with Crippen LogP contribution in [0.3, 0.4) is 0 Å². The van der Waals surface area contributed by atoms with Gasteiger partial charge in [0.25, 0.3) is 0 Å². The summed E-state index contributed by atoms with van der Waals surface area (Å²) in [5.41, 5.74) is 0.777. The number of esters is 1. The lowest BCUT2D eigenvalue weighted by molar-refractivity contribution is -0.125. The Kier molecular flexibility index (Phi) is 8.93. The van der Waals surface area contributed by atoms with Gasteiger partial charge in [-0.1, -0.05) is 13.3 Å². The molecule has 2 N–H and O–H groups in total. The molecule has 150 valence electrons. The molecule has 9 heteroatoms. The summed E-state index contributed by atoms with van der Waals surface area (Å²) in [5.74, 6) is -1.64. The molecule has 0 aliphatic heterocycles. The van der Waals surface area contributed by atoms with Crippen LogP contribution in [0.4, 0.5) is 5.69 Å². The van der Waals surface area contributed by atoms with Crippen molar-refractivity contribution in [2.45, 2.75) is 39.2 Å². The van der Waals surface area contributed by atoms with Gasteiger partial charge < -0.3 is 15.4 Å². The maximum Gasteiger partial charge on any atom is 0.338 e. The zero-order valence-corrected chi connectivity index (χ0v) is 16.6. The van der Waals surface area contributed by atoms with Crippen molar-refractivity contribution < 1.29 is 27.5 Å². The second kappa shape index (κ2) is 10.7. The Balaban J connectivity index is 2.71. The third-order valence-electron chi connectivity index (χ3n) is 3.59. The lowest BCUT2D eigenvalue weighted by Crippen LogP contribution is -2.43. The summed E-state index contributed by atoms with van der Waals surface area (Å²) in [5, 5.41) is 5.04. The molecule has 0 saturated heterocycles. The number of sulfone groups is 1. The van der Waals surface area contributed by atoms with Crippen LogP contribution in [0.25, 0.3) is 0 Å². The van der Waals surface area contributed by atoms with Crippen molar-refractivity contribution in [1.29, 1.82) is 0 Å². The van der Waals surface area contributed by atoms with Crippen molar-refractivity contribution in [1.82, 2.24) is 5.32 Å². The molecular weight excluding hydrogens is 372 g/mol. The number of benzene rings is 1. The summed E-state index contributed by atoms with van der Waals surface area (Å²) in [7, 11) is -3.27. The number of unbranched alkanes of at least 4 members (excludes halogenated alkanes) is 1. The Morgan fingerprint density at radius 2 is 1.78 bits per heavy atom. The third-order valence-corrected chi connectivity index (χ3v) is 4.57. The number of ether oxygens (including phenoxy) is 1. The van der Waals surface area contributed by atoms with E-state index in [1.807, 2.05) is 6.92 Å². The molecule has 0 aliphatic rings. The molecule has 0 aromatic heterocycles. The molecular formula is C18H26N2O6S. The highest BCUT2D eigenvalue weighted by Crippen LogP contribution is 2.12. The van der Waals surface area contributed by atoms with Crippen LogP contribution in [0.5, 0.6) is 0 Å². The monoisotopic (exact) mass is 398 g/mol. The summed E-state index contributed by atoms with van der Waals surface area (Å²) in [6.45, 7) is 3.60. The van der Waals surface area contributed by atoms with Gasteiger partial charge in [0.05, 0.1) is 17.9 Å². The van der Waals surface area contributed by atoms with Crippen molar-refractivity contribution in [3.05, 3.63) is 29.8 Å². The van der Waals surface area contributed by atoms with Crippen molar-refractivity contribution in [3.63, 3.8) is 0 Å². The smallest absolute Gasteiger partial charge is 0.338 e. The van der Waals surface area contributed by atoms with E-state index < -0.39 is 33.7 Å². The van der Waals surface area contributed by atoms with Crippen molar-refractivity contribution in [2.75, 3.05) is 23.9 Å². The van der Waals surface area contributed by atoms with E-state index in [9.17, 15) is 22.8 Å². The zero-order valence-electron chi connectivity index (χ0n) is 15.8. The van der Waals surface area contributed by atoms with Crippen LogP contribution in [-0.4, -0.2) is 50.9 Å². The van der Waals surface area contributed by atoms with E-state index in [1.165, 1.54) is 31.2 Å². The number of rotatable bonds is 10. The van der Waals surface area contributed by atoms with Gasteiger partial charge >= 0.3 is 5.97 Å². The average Bonchev–Trinajstić information content (AvgIpc) is 2.58. The lowest BCUT2D eigenvalue weighted by atomic mass is 10.1. The van der Waals surface area contributed by atoms with Gasteiger partial charge in [0.15, 0.2) is 0 Å². The molecule has 2 amide bonds. The van der Waals surface area contributed by atoms with Gasteiger partial charge in [-0.05, 0) is 37.1 Å². The highest BCUT2D eigenvalue weighted by Gasteiger charge is 2.21. The van der Waals surface area contributed by atoms with Crippen molar-refractivity contribution >= 4 is 33.3 Å². The fourth-order valence-electron chi connectivity index (χ4n) is 2.16. The van der Waals surface area contributed by atoms with Gasteiger partial charge in [-0.25, -0.2) is 13.2 Å². The predicted molar refractivity (Wildman–Crippen MR) is 102 cm³/mol. The molecule has 0 bridgehead atoms. The first-order valence-corrected chi connectivity index (χ1v) is 10.7. The predicted octanol–water partition coefficient (Wildman–Crippen LogP) is 1.52. The summed E-state index contributed by atoms with van der Waals surface area (Å²) >= 11 is 0. The molecule has 1 aromatic carbocycles. The lowest BCUT2D eigenvalue weighted by Gasteiger charge is -2.17. The summed E-state index contributed by atoms with van der Waals surface area (Å²) in [6, 6.07) is 5.14. The van der Waals surface area contributed by atoms with E-state index >= 15 is 0 Å². The highest BCUT2D eigenvalue weighted by atomic mass is 32.2.